The molecule has 1 aromatic carbocycles. The van der Waals surface area contributed by atoms with Gasteiger partial charge in [-0.05, 0) is 58.4 Å². The summed E-state index contributed by atoms with van der Waals surface area (Å²) in [5.41, 5.74) is 5.56. The molecular formula is C25H32BrN5O4. The number of pyridine rings is 1. The highest BCUT2D eigenvalue weighted by molar-refractivity contribution is 9.10. The summed E-state index contributed by atoms with van der Waals surface area (Å²) in [7, 11) is 0. The Bertz CT molecular complexity index is 1230. The number of nitrogens with zero attached hydrogens (tertiary/aromatic N) is 4. The van der Waals surface area contributed by atoms with Gasteiger partial charge in [-0.15, -0.1) is 0 Å². The first-order valence-corrected chi connectivity index (χ1v) is 12.4. The monoisotopic (exact) mass is 545 g/mol. The standard InChI is InChI=1S/C25H32BrN5O4/c1-15-16(2)23(33)31(22(15)32)28-21-12-17(19-7-6-18(26)13-20(19)27-21)14-29-8-10-30(11-9-29)24(34)35-25(3,4)5/h6-7,12-13,32-33H,8-11,14H2,1-5H3,(H,27,28). The SMILES string of the molecule is Cc1c(C)c(O)n(Nc2cc(CN3CCN(C(=O)OC(C)(C)C)CC3)c3ccc(Br)cc3n2)c1O. The van der Waals surface area contributed by atoms with Gasteiger partial charge in [-0.25, -0.2) is 9.78 Å². The van der Waals surface area contributed by atoms with Crippen LogP contribution >= 0.6 is 15.9 Å². The Labute approximate surface area is 213 Å². The van der Waals surface area contributed by atoms with Gasteiger partial charge in [0.2, 0.25) is 11.8 Å². The summed E-state index contributed by atoms with van der Waals surface area (Å²) in [6.07, 6.45) is -0.278. The lowest BCUT2D eigenvalue weighted by Gasteiger charge is -2.35. The molecule has 9 nitrogen and oxygen atoms in total. The molecule has 3 heterocycles. The number of aromatic nitrogens is 2. The van der Waals surface area contributed by atoms with Crippen LogP contribution in [-0.4, -0.2) is 67.5 Å². The minimum atomic E-state index is -0.512. The molecule has 188 valence electrons. The number of carbonyl (C=O) groups excluding carboxylic acids is 1. The second-order valence-corrected chi connectivity index (χ2v) is 10.8. The summed E-state index contributed by atoms with van der Waals surface area (Å²) in [4.78, 5) is 21.1. The van der Waals surface area contributed by atoms with Crippen LogP contribution in [-0.2, 0) is 11.3 Å². The third kappa shape index (κ3) is 5.48. The van der Waals surface area contributed by atoms with Crippen molar-refractivity contribution in [1.82, 2.24) is 19.5 Å². The Balaban J connectivity index is 1.56. The van der Waals surface area contributed by atoms with Crippen LogP contribution in [0, 0.1) is 13.8 Å². The van der Waals surface area contributed by atoms with Crippen molar-refractivity contribution in [3.63, 3.8) is 0 Å². The maximum atomic E-state index is 12.4. The highest BCUT2D eigenvalue weighted by atomic mass is 79.9. The molecule has 4 rings (SSSR count). The van der Waals surface area contributed by atoms with Crippen molar-refractivity contribution >= 4 is 38.7 Å². The molecule has 1 aliphatic rings. The second kappa shape index (κ2) is 9.58. The zero-order chi connectivity index (χ0) is 25.5. The van der Waals surface area contributed by atoms with E-state index >= 15 is 0 Å². The molecule has 0 bridgehead atoms. The first-order valence-electron chi connectivity index (χ1n) is 11.6. The Hall–Kier alpha value is -2.98. The van der Waals surface area contributed by atoms with E-state index in [2.05, 4.69) is 26.3 Å². The zero-order valence-electron chi connectivity index (χ0n) is 20.7. The van der Waals surface area contributed by atoms with Gasteiger partial charge in [0, 0.05) is 53.7 Å². The molecule has 1 saturated heterocycles. The highest BCUT2D eigenvalue weighted by Crippen LogP contribution is 2.33. The van der Waals surface area contributed by atoms with Crippen LogP contribution in [0.1, 0.15) is 37.5 Å². The van der Waals surface area contributed by atoms with E-state index in [9.17, 15) is 15.0 Å². The Morgan fingerprint density at radius 2 is 1.71 bits per heavy atom. The number of hydrogen-bond acceptors (Lipinski definition) is 7. The van der Waals surface area contributed by atoms with E-state index in [1.54, 1.807) is 18.7 Å². The third-order valence-corrected chi connectivity index (χ3v) is 6.65. The molecule has 0 aliphatic carbocycles. The molecule has 0 saturated carbocycles. The van der Waals surface area contributed by atoms with Crippen molar-refractivity contribution in [2.75, 3.05) is 31.6 Å². The average molecular weight is 546 g/mol. The fourth-order valence-corrected chi connectivity index (χ4v) is 4.46. The van der Waals surface area contributed by atoms with Gasteiger partial charge in [-0.1, -0.05) is 22.0 Å². The van der Waals surface area contributed by atoms with E-state index in [0.29, 0.717) is 36.6 Å². The van der Waals surface area contributed by atoms with Gasteiger partial charge in [0.1, 0.15) is 11.4 Å². The maximum absolute atomic E-state index is 12.4. The molecule has 1 amide bonds. The van der Waals surface area contributed by atoms with Crippen molar-refractivity contribution in [2.24, 2.45) is 0 Å². The topological polar surface area (TPSA) is 103 Å². The predicted octanol–water partition coefficient (Wildman–Crippen LogP) is 4.75. The van der Waals surface area contributed by atoms with Gasteiger partial charge in [0.05, 0.1) is 5.52 Å². The minimum Gasteiger partial charge on any atom is -0.493 e. The van der Waals surface area contributed by atoms with Crippen LogP contribution in [0.2, 0.25) is 0 Å². The van der Waals surface area contributed by atoms with E-state index in [1.165, 1.54) is 4.68 Å². The number of amides is 1. The Kier molecular flexibility index (Phi) is 6.88. The molecule has 3 aromatic rings. The number of nitrogens with one attached hydrogen (secondary N) is 1. The molecule has 2 aromatic heterocycles. The number of anilines is 1. The van der Waals surface area contributed by atoms with E-state index < -0.39 is 5.60 Å². The smallest absolute Gasteiger partial charge is 0.410 e. The lowest BCUT2D eigenvalue weighted by Crippen LogP contribution is -2.49. The first kappa shape index (κ1) is 25.1. The van der Waals surface area contributed by atoms with Crippen LogP contribution in [0.15, 0.2) is 28.7 Å². The van der Waals surface area contributed by atoms with E-state index in [0.717, 1.165) is 34.0 Å². The third-order valence-electron chi connectivity index (χ3n) is 6.16. The van der Waals surface area contributed by atoms with Gasteiger partial charge in [0.15, 0.2) is 0 Å². The van der Waals surface area contributed by atoms with Crippen LogP contribution < -0.4 is 5.43 Å². The van der Waals surface area contributed by atoms with E-state index in [4.69, 9.17) is 9.72 Å². The summed E-state index contributed by atoms with van der Waals surface area (Å²) in [5, 5.41) is 21.9. The fraction of sp³-hybridized carbons (Fsp3) is 0.440. The lowest BCUT2D eigenvalue weighted by molar-refractivity contribution is 0.0139. The number of carbonyl (C=O) groups is 1. The number of fused-ring (bicyclic) bond motifs is 1. The molecular weight excluding hydrogens is 514 g/mol. The lowest BCUT2D eigenvalue weighted by atomic mass is 10.1. The summed E-state index contributed by atoms with van der Waals surface area (Å²) in [6, 6.07) is 7.88. The average Bonchev–Trinajstić information content (AvgIpc) is 2.96. The van der Waals surface area contributed by atoms with Crippen molar-refractivity contribution in [2.45, 2.75) is 46.8 Å². The molecule has 1 aliphatic heterocycles. The van der Waals surface area contributed by atoms with Crippen LogP contribution in [0.3, 0.4) is 0 Å². The molecule has 0 unspecified atom stereocenters. The summed E-state index contributed by atoms with van der Waals surface area (Å²) < 4.78 is 7.65. The molecule has 1 fully saturated rings. The number of ether oxygens (including phenoxy) is 1. The fourth-order valence-electron chi connectivity index (χ4n) is 4.11. The van der Waals surface area contributed by atoms with Gasteiger partial charge in [0.25, 0.3) is 0 Å². The first-order chi connectivity index (χ1) is 16.4. The van der Waals surface area contributed by atoms with Crippen molar-refractivity contribution in [1.29, 1.82) is 0 Å². The maximum Gasteiger partial charge on any atom is 0.410 e. The van der Waals surface area contributed by atoms with Crippen LogP contribution in [0.25, 0.3) is 10.9 Å². The number of halogens is 1. The number of hydrogen-bond donors (Lipinski definition) is 3. The van der Waals surface area contributed by atoms with Crippen LogP contribution in [0.4, 0.5) is 10.6 Å². The summed E-state index contributed by atoms with van der Waals surface area (Å²) >= 11 is 3.52. The number of rotatable bonds is 4. The van der Waals surface area contributed by atoms with E-state index in [1.807, 2.05) is 45.0 Å². The van der Waals surface area contributed by atoms with Gasteiger partial charge < -0.3 is 19.8 Å². The van der Waals surface area contributed by atoms with E-state index in [-0.39, 0.29) is 17.9 Å². The Morgan fingerprint density at radius 3 is 2.31 bits per heavy atom. The second-order valence-electron chi connectivity index (χ2n) is 9.92. The molecule has 35 heavy (non-hydrogen) atoms. The van der Waals surface area contributed by atoms with Gasteiger partial charge in [-0.2, -0.15) is 4.68 Å². The molecule has 0 atom stereocenters. The number of piperazine rings is 1. The molecule has 10 heteroatoms. The quantitative estimate of drug-likeness (QED) is 0.434. The van der Waals surface area contributed by atoms with Crippen molar-refractivity contribution in [3.05, 3.63) is 45.4 Å². The van der Waals surface area contributed by atoms with Crippen LogP contribution in [0.5, 0.6) is 11.8 Å². The minimum absolute atomic E-state index is 0.0593. The predicted molar refractivity (Wildman–Crippen MR) is 139 cm³/mol. The highest BCUT2D eigenvalue weighted by Gasteiger charge is 2.26. The van der Waals surface area contributed by atoms with Gasteiger partial charge in [-0.3, -0.25) is 10.3 Å². The number of benzene rings is 1. The zero-order valence-corrected chi connectivity index (χ0v) is 22.3. The molecule has 0 radical (unpaired) electrons. The van der Waals surface area contributed by atoms with Crippen molar-refractivity contribution < 1.29 is 19.7 Å². The molecule has 3 N–H and O–H groups in total. The largest absolute Gasteiger partial charge is 0.493 e. The summed E-state index contributed by atoms with van der Waals surface area (Å²) in [5.74, 6) is 0.380. The Morgan fingerprint density at radius 1 is 1.09 bits per heavy atom. The number of aromatic hydroxyl groups is 2. The van der Waals surface area contributed by atoms with Gasteiger partial charge >= 0.3 is 6.09 Å². The normalized spacial score (nSPS) is 15.0. The van der Waals surface area contributed by atoms with Crippen molar-refractivity contribution in [3.8, 4) is 11.8 Å². The summed E-state index contributed by atoms with van der Waals surface area (Å²) in [6.45, 7) is 12.4. The molecule has 0 spiro atoms.